The van der Waals surface area contributed by atoms with Crippen molar-refractivity contribution in [1.29, 1.82) is 0 Å². The third kappa shape index (κ3) is 3.09. The number of nitrogens with zero attached hydrogens (tertiary/aromatic N) is 5. The van der Waals surface area contributed by atoms with E-state index in [1.165, 1.54) is 5.01 Å². The van der Waals surface area contributed by atoms with Crippen LogP contribution in [0.1, 0.15) is 37.3 Å². The molecule has 0 aliphatic rings. The lowest BCUT2D eigenvalue weighted by atomic mass is 9.98. The summed E-state index contributed by atoms with van der Waals surface area (Å²) in [5.74, 6) is 1.61. The number of hydrogen-bond donors (Lipinski definition) is 1. The van der Waals surface area contributed by atoms with Crippen LogP contribution < -0.4 is 5.32 Å². The zero-order valence-electron chi connectivity index (χ0n) is 13.3. The maximum atomic E-state index is 4.70. The van der Waals surface area contributed by atoms with Gasteiger partial charge in [0.1, 0.15) is 5.82 Å². The van der Waals surface area contributed by atoms with Gasteiger partial charge >= 0.3 is 0 Å². The largest absolute Gasteiger partial charge is 0.368 e. The molecule has 0 atom stereocenters. The Balaban J connectivity index is 1.62. The topological polar surface area (TPSA) is 68.0 Å². The van der Waals surface area contributed by atoms with Gasteiger partial charge in [-0.3, -0.25) is 0 Å². The first-order chi connectivity index (χ1) is 10.4. The smallest absolute Gasteiger partial charge is 0.178 e. The third-order valence-electron chi connectivity index (χ3n) is 3.30. The molecular formula is C15H20N6S. The van der Waals surface area contributed by atoms with E-state index in [-0.39, 0.29) is 5.41 Å². The lowest BCUT2D eigenvalue weighted by molar-refractivity contribution is 0.583. The highest BCUT2D eigenvalue weighted by atomic mass is 32.1. The number of thiazole rings is 1. The second-order valence-corrected chi connectivity index (χ2v) is 7.16. The molecule has 0 unspecified atom stereocenters. The molecule has 0 aromatic carbocycles. The highest BCUT2D eigenvalue weighted by Crippen LogP contribution is 2.25. The van der Waals surface area contributed by atoms with Gasteiger partial charge < -0.3 is 5.32 Å². The number of fused-ring (bicyclic) bond motifs is 1. The van der Waals surface area contributed by atoms with Crippen molar-refractivity contribution in [2.75, 3.05) is 11.9 Å². The Hall–Kier alpha value is -2.02. The Morgan fingerprint density at radius 1 is 1.23 bits per heavy atom. The Morgan fingerprint density at radius 3 is 2.77 bits per heavy atom. The maximum Gasteiger partial charge on any atom is 0.178 e. The van der Waals surface area contributed by atoms with Gasteiger partial charge in [-0.25, -0.2) is 4.98 Å². The van der Waals surface area contributed by atoms with E-state index in [2.05, 4.69) is 46.8 Å². The van der Waals surface area contributed by atoms with Crippen LogP contribution >= 0.6 is 11.3 Å². The predicted octanol–water partition coefficient (Wildman–Crippen LogP) is 2.84. The van der Waals surface area contributed by atoms with Crippen LogP contribution in [0.2, 0.25) is 0 Å². The fourth-order valence-electron chi connectivity index (χ4n) is 2.08. The first-order valence-corrected chi connectivity index (χ1v) is 8.19. The van der Waals surface area contributed by atoms with Crippen molar-refractivity contribution < 1.29 is 0 Å². The number of rotatable bonds is 4. The van der Waals surface area contributed by atoms with Crippen molar-refractivity contribution in [3.05, 3.63) is 34.0 Å². The van der Waals surface area contributed by atoms with Crippen molar-refractivity contribution in [2.24, 2.45) is 0 Å². The Bertz CT molecular complexity index is 783. The van der Waals surface area contributed by atoms with Crippen LogP contribution in [0.3, 0.4) is 0 Å². The van der Waals surface area contributed by atoms with Gasteiger partial charge in [0.05, 0.1) is 10.7 Å². The number of aryl methyl sites for hydroxylation is 1. The molecule has 0 bridgehead atoms. The van der Waals surface area contributed by atoms with E-state index in [1.54, 1.807) is 15.9 Å². The summed E-state index contributed by atoms with van der Waals surface area (Å²) >= 11 is 1.73. The molecule has 3 aromatic heterocycles. The first-order valence-electron chi connectivity index (χ1n) is 7.31. The maximum absolute atomic E-state index is 4.70. The highest BCUT2D eigenvalue weighted by Gasteiger charge is 2.17. The lowest BCUT2D eigenvalue weighted by Gasteiger charge is -2.13. The summed E-state index contributed by atoms with van der Waals surface area (Å²) in [5, 5.41) is 19.2. The molecule has 3 heterocycles. The molecule has 0 saturated heterocycles. The minimum Gasteiger partial charge on any atom is -0.368 e. The molecular weight excluding hydrogens is 296 g/mol. The molecule has 3 rings (SSSR count). The van der Waals surface area contributed by atoms with Gasteiger partial charge in [0.25, 0.3) is 0 Å². The molecule has 1 N–H and O–H groups in total. The van der Waals surface area contributed by atoms with Gasteiger partial charge in [0, 0.05) is 23.8 Å². The first kappa shape index (κ1) is 14.9. The Morgan fingerprint density at radius 2 is 2.05 bits per heavy atom. The number of anilines is 1. The van der Waals surface area contributed by atoms with Crippen molar-refractivity contribution in [2.45, 2.75) is 39.5 Å². The van der Waals surface area contributed by atoms with Gasteiger partial charge in [-0.1, -0.05) is 20.8 Å². The fraction of sp³-hybridized carbons (Fsp3) is 0.467. The summed E-state index contributed by atoms with van der Waals surface area (Å²) < 4.78 is 1.74. The molecule has 0 aliphatic heterocycles. The highest BCUT2D eigenvalue weighted by molar-refractivity contribution is 7.09. The molecule has 116 valence electrons. The average molecular weight is 316 g/mol. The van der Waals surface area contributed by atoms with E-state index in [0.29, 0.717) is 0 Å². The summed E-state index contributed by atoms with van der Waals surface area (Å²) in [6.45, 7) is 9.25. The quantitative estimate of drug-likeness (QED) is 0.801. The zero-order valence-corrected chi connectivity index (χ0v) is 14.1. The molecule has 0 aliphatic carbocycles. The van der Waals surface area contributed by atoms with Crippen LogP contribution in [0.25, 0.3) is 5.65 Å². The Kier molecular flexibility index (Phi) is 3.82. The van der Waals surface area contributed by atoms with Crippen molar-refractivity contribution in [1.82, 2.24) is 24.8 Å². The molecule has 3 aromatic rings. The normalized spacial score (nSPS) is 12.0. The molecule has 22 heavy (non-hydrogen) atoms. The molecule has 0 fully saturated rings. The van der Waals surface area contributed by atoms with E-state index in [0.717, 1.165) is 35.9 Å². The van der Waals surface area contributed by atoms with Crippen LogP contribution in [0.5, 0.6) is 0 Å². The number of hydrogen-bond acceptors (Lipinski definition) is 6. The van der Waals surface area contributed by atoms with Crippen LogP contribution in [0.4, 0.5) is 5.82 Å². The monoisotopic (exact) mass is 316 g/mol. The van der Waals surface area contributed by atoms with E-state index >= 15 is 0 Å². The third-order valence-corrected chi connectivity index (χ3v) is 4.62. The molecule has 0 spiro atoms. The van der Waals surface area contributed by atoms with Gasteiger partial charge in [-0.2, -0.15) is 4.52 Å². The van der Waals surface area contributed by atoms with Crippen LogP contribution in [0, 0.1) is 6.92 Å². The van der Waals surface area contributed by atoms with Gasteiger partial charge in [-0.15, -0.1) is 26.6 Å². The molecule has 0 radical (unpaired) electrons. The van der Waals surface area contributed by atoms with Gasteiger partial charge in [0.2, 0.25) is 0 Å². The SMILES string of the molecule is Cc1nnc2ccc(NCCc3csc(C(C)(C)C)n3)nn12. The fourth-order valence-corrected chi connectivity index (χ4v) is 3.02. The van der Waals surface area contributed by atoms with Gasteiger partial charge in [-0.05, 0) is 19.1 Å². The molecule has 7 heteroatoms. The van der Waals surface area contributed by atoms with E-state index in [4.69, 9.17) is 4.98 Å². The van der Waals surface area contributed by atoms with E-state index < -0.39 is 0 Å². The van der Waals surface area contributed by atoms with E-state index in [1.807, 2.05) is 19.1 Å². The van der Waals surface area contributed by atoms with Crippen molar-refractivity contribution in [3.63, 3.8) is 0 Å². The van der Waals surface area contributed by atoms with E-state index in [9.17, 15) is 0 Å². The van der Waals surface area contributed by atoms with Crippen molar-refractivity contribution in [3.8, 4) is 0 Å². The second kappa shape index (κ2) is 5.64. The standard InChI is InChI=1S/C15H20N6S/c1-10-18-19-13-6-5-12(20-21(10)13)16-8-7-11-9-22-14(17-11)15(2,3)4/h5-6,9H,7-8H2,1-4H3,(H,16,20). The predicted molar refractivity (Wildman–Crippen MR) is 88.5 cm³/mol. The summed E-state index contributed by atoms with van der Waals surface area (Å²) in [5.41, 5.74) is 2.01. The van der Waals surface area contributed by atoms with Crippen LogP contribution in [0.15, 0.2) is 17.5 Å². The minimum atomic E-state index is 0.120. The zero-order chi connectivity index (χ0) is 15.7. The molecule has 0 saturated carbocycles. The molecule has 6 nitrogen and oxygen atoms in total. The summed E-state index contributed by atoms with van der Waals surface area (Å²) in [6, 6.07) is 3.83. The summed E-state index contributed by atoms with van der Waals surface area (Å²) in [7, 11) is 0. The summed E-state index contributed by atoms with van der Waals surface area (Å²) in [4.78, 5) is 4.70. The molecule has 0 amide bonds. The van der Waals surface area contributed by atoms with Crippen LogP contribution in [-0.4, -0.2) is 31.3 Å². The second-order valence-electron chi connectivity index (χ2n) is 6.31. The lowest BCUT2D eigenvalue weighted by Crippen LogP contribution is -2.11. The number of nitrogens with one attached hydrogen (secondary N) is 1. The Labute approximate surface area is 133 Å². The minimum absolute atomic E-state index is 0.120. The summed E-state index contributed by atoms with van der Waals surface area (Å²) in [6.07, 6.45) is 0.882. The average Bonchev–Trinajstić information content (AvgIpc) is 3.06. The number of aromatic nitrogens is 5. The van der Waals surface area contributed by atoms with Gasteiger partial charge in [0.15, 0.2) is 11.5 Å². The van der Waals surface area contributed by atoms with Crippen LogP contribution in [-0.2, 0) is 11.8 Å². The van der Waals surface area contributed by atoms with Crippen molar-refractivity contribution >= 4 is 22.8 Å².